The van der Waals surface area contributed by atoms with Crippen molar-refractivity contribution in [2.45, 2.75) is 11.8 Å². The third-order valence-corrected chi connectivity index (χ3v) is 6.02. The molecule has 0 amide bonds. The first-order valence-corrected chi connectivity index (χ1v) is 10.7. The molecule has 4 rings (SSSR count). The molecular formula is C23H20N2O4S. The Morgan fingerprint density at radius 2 is 1.70 bits per heavy atom. The second kappa shape index (κ2) is 7.68. The molecule has 0 unspecified atom stereocenters. The molecule has 1 aromatic heterocycles. The lowest BCUT2D eigenvalue weighted by molar-refractivity contribution is 0.415. The summed E-state index contributed by atoms with van der Waals surface area (Å²) < 4.78 is 41.2. The maximum absolute atomic E-state index is 13.0. The fraction of sp³-hybridized carbons (Fsp3) is 0.0870. The molecule has 0 aliphatic carbocycles. The molecular weight excluding hydrogens is 400 g/mol. The van der Waals surface area contributed by atoms with Crippen LogP contribution in [0.1, 0.15) is 5.56 Å². The number of para-hydroxylation sites is 1. The second-order valence-electron chi connectivity index (χ2n) is 6.80. The molecule has 0 aliphatic heterocycles. The largest absolute Gasteiger partial charge is 0.497 e. The zero-order valence-corrected chi connectivity index (χ0v) is 17.3. The zero-order chi connectivity index (χ0) is 21.3. The third kappa shape index (κ3) is 3.67. The quantitative estimate of drug-likeness (QED) is 0.531. The maximum Gasteiger partial charge on any atom is 0.285 e. The summed E-state index contributed by atoms with van der Waals surface area (Å²) >= 11 is 0. The Labute approximate surface area is 174 Å². The molecule has 152 valence electrons. The lowest BCUT2D eigenvalue weighted by Gasteiger charge is -2.11. The Morgan fingerprint density at radius 3 is 2.43 bits per heavy atom. The van der Waals surface area contributed by atoms with E-state index in [4.69, 9.17) is 14.9 Å². The minimum atomic E-state index is -4.02. The van der Waals surface area contributed by atoms with Crippen molar-refractivity contribution >= 4 is 26.7 Å². The van der Waals surface area contributed by atoms with Crippen molar-refractivity contribution < 1.29 is 17.6 Å². The first-order chi connectivity index (χ1) is 14.4. The van der Waals surface area contributed by atoms with Gasteiger partial charge < -0.3 is 14.9 Å². The number of hydrogen-bond acceptors (Lipinski definition) is 5. The number of sulfonamides is 1. The van der Waals surface area contributed by atoms with E-state index in [0.717, 1.165) is 5.56 Å². The number of fused-ring (bicyclic) bond motifs is 1. The van der Waals surface area contributed by atoms with Gasteiger partial charge in [-0.1, -0.05) is 42.0 Å². The van der Waals surface area contributed by atoms with Crippen LogP contribution in [0.25, 0.3) is 22.1 Å². The minimum Gasteiger partial charge on any atom is -0.497 e. The van der Waals surface area contributed by atoms with E-state index in [1.165, 1.54) is 12.1 Å². The van der Waals surface area contributed by atoms with Gasteiger partial charge in [0.15, 0.2) is 0 Å². The number of nitrogens with two attached hydrogens (primary N) is 1. The van der Waals surface area contributed by atoms with Gasteiger partial charge in [-0.05, 0) is 48.9 Å². The molecule has 0 spiro atoms. The van der Waals surface area contributed by atoms with E-state index in [-0.39, 0.29) is 10.4 Å². The standard InChI is InChI=1S/C23H20N2O4S/c1-15-10-12-18(13-11-15)30(26,27)25-23-21(16-6-5-7-17(14-16)28-2)22(24)19-8-3-4-9-20(19)29-23/h3-14H,24H2,1-2H3/b25-23-. The van der Waals surface area contributed by atoms with E-state index in [2.05, 4.69) is 4.40 Å². The fourth-order valence-electron chi connectivity index (χ4n) is 3.18. The highest BCUT2D eigenvalue weighted by Gasteiger charge is 2.18. The van der Waals surface area contributed by atoms with Gasteiger partial charge in [0.25, 0.3) is 10.0 Å². The highest BCUT2D eigenvalue weighted by atomic mass is 32.2. The van der Waals surface area contributed by atoms with Crippen LogP contribution in [0.4, 0.5) is 5.69 Å². The normalized spacial score (nSPS) is 12.3. The number of methoxy groups -OCH3 is 1. The summed E-state index contributed by atoms with van der Waals surface area (Å²) in [4.78, 5) is 0.0756. The summed E-state index contributed by atoms with van der Waals surface area (Å²) in [5.41, 5.74) is 9.18. The molecule has 7 heteroatoms. The smallest absolute Gasteiger partial charge is 0.285 e. The van der Waals surface area contributed by atoms with Crippen LogP contribution >= 0.6 is 0 Å². The van der Waals surface area contributed by atoms with Crippen LogP contribution in [-0.2, 0) is 10.0 Å². The van der Waals surface area contributed by atoms with Crippen molar-refractivity contribution in [2.24, 2.45) is 4.40 Å². The van der Waals surface area contributed by atoms with Gasteiger partial charge in [-0.25, -0.2) is 0 Å². The van der Waals surface area contributed by atoms with E-state index in [1.54, 1.807) is 55.6 Å². The van der Waals surface area contributed by atoms with Gasteiger partial charge in [-0.3, -0.25) is 0 Å². The summed E-state index contributed by atoms with van der Waals surface area (Å²) in [6.45, 7) is 1.88. The SMILES string of the molecule is COc1cccc(-c2c(N)c3ccccc3o/c2=N\S(=O)(=O)c2ccc(C)cc2)c1. The van der Waals surface area contributed by atoms with E-state index in [1.807, 2.05) is 19.1 Å². The average molecular weight is 420 g/mol. The minimum absolute atomic E-state index is 0.0756. The summed E-state index contributed by atoms with van der Waals surface area (Å²) in [5.74, 6) is 0.604. The lowest BCUT2D eigenvalue weighted by atomic mass is 10.0. The number of ether oxygens (including phenoxy) is 1. The van der Waals surface area contributed by atoms with E-state index < -0.39 is 10.0 Å². The van der Waals surface area contributed by atoms with Gasteiger partial charge in [0.1, 0.15) is 11.3 Å². The van der Waals surface area contributed by atoms with Crippen molar-refractivity contribution in [2.75, 3.05) is 12.8 Å². The average Bonchev–Trinajstić information content (AvgIpc) is 2.74. The van der Waals surface area contributed by atoms with Crippen molar-refractivity contribution in [3.63, 3.8) is 0 Å². The number of rotatable bonds is 4. The molecule has 0 saturated heterocycles. The van der Waals surface area contributed by atoms with Crippen LogP contribution in [0.15, 0.2) is 86.5 Å². The van der Waals surface area contributed by atoms with Crippen molar-refractivity contribution in [3.05, 3.63) is 83.9 Å². The number of hydrogen-bond donors (Lipinski definition) is 1. The van der Waals surface area contributed by atoms with E-state index >= 15 is 0 Å². The summed E-state index contributed by atoms with van der Waals surface area (Å²) in [5, 5.41) is 0.669. The predicted octanol–water partition coefficient (Wildman–Crippen LogP) is 4.29. The summed E-state index contributed by atoms with van der Waals surface area (Å²) in [6.07, 6.45) is 0. The number of nitrogen functional groups attached to an aromatic ring is 1. The molecule has 3 aromatic carbocycles. The molecule has 6 nitrogen and oxygen atoms in total. The Bertz CT molecular complexity index is 1410. The molecule has 0 aliphatic rings. The van der Waals surface area contributed by atoms with Crippen LogP contribution in [0.3, 0.4) is 0 Å². The first kappa shape index (κ1) is 19.7. The van der Waals surface area contributed by atoms with Crippen LogP contribution in [0, 0.1) is 6.92 Å². The highest BCUT2D eigenvalue weighted by Crippen LogP contribution is 2.31. The number of benzene rings is 3. The van der Waals surface area contributed by atoms with Crippen molar-refractivity contribution in [1.82, 2.24) is 0 Å². The van der Waals surface area contributed by atoms with Gasteiger partial charge in [-0.2, -0.15) is 8.42 Å². The number of aryl methyl sites for hydroxylation is 1. The van der Waals surface area contributed by atoms with Gasteiger partial charge in [0.2, 0.25) is 5.55 Å². The summed E-state index contributed by atoms with van der Waals surface area (Å²) in [6, 6.07) is 20.8. The van der Waals surface area contributed by atoms with Gasteiger partial charge >= 0.3 is 0 Å². The zero-order valence-electron chi connectivity index (χ0n) is 16.5. The second-order valence-corrected chi connectivity index (χ2v) is 8.41. The van der Waals surface area contributed by atoms with Crippen molar-refractivity contribution in [1.29, 1.82) is 0 Å². The molecule has 1 heterocycles. The number of anilines is 1. The molecule has 0 atom stereocenters. The Kier molecular flexibility index (Phi) is 5.05. The van der Waals surface area contributed by atoms with Gasteiger partial charge in [0.05, 0.1) is 23.3 Å². The first-order valence-electron chi connectivity index (χ1n) is 9.22. The Hall–Kier alpha value is -3.58. The van der Waals surface area contributed by atoms with Crippen molar-refractivity contribution in [3.8, 4) is 16.9 Å². The topological polar surface area (TPSA) is 94.9 Å². The van der Waals surface area contributed by atoms with Gasteiger partial charge in [-0.15, -0.1) is 4.40 Å². The number of nitrogens with zero attached hydrogens (tertiary/aromatic N) is 1. The monoisotopic (exact) mass is 420 g/mol. The molecule has 2 N–H and O–H groups in total. The molecule has 0 radical (unpaired) electrons. The molecule has 0 saturated carbocycles. The van der Waals surface area contributed by atoms with Gasteiger partial charge in [0, 0.05) is 5.39 Å². The highest BCUT2D eigenvalue weighted by molar-refractivity contribution is 7.90. The molecule has 0 fully saturated rings. The lowest BCUT2D eigenvalue weighted by Crippen LogP contribution is -2.13. The van der Waals surface area contributed by atoms with Crippen LogP contribution in [-0.4, -0.2) is 15.5 Å². The van der Waals surface area contributed by atoms with Crippen LogP contribution in [0.2, 0.25) is 0 Å². The Balaban J connectivity index is 2.05. The fourth-order valence-corrected chi connectivity index (χ4v) is 4.11. The Morgan fingerprint density at radius 1 is 0.967 bits per heavy atom. The van der Waals surface area contributed by atoms with E-state index in [0.29, 0.717) is 33.5 Å². The molecule has 30 heavy (non-hydrogen) atoms. The summed E-state index contributed by atoms with van der Waals surface area (Å²) in [7, 11) is -2.46. The predicted molar refractivity (Wildman–Crippen MR) is 117 cm³/mol. The van der Waals surface area contributed by atoms with Crippen LogP contribution < -0.4 is 16.0 Å². The van der Waals surface area contributed by atoms with Crippen LogP contribution in [0.5, 0.6) is 5.75 Å². The maximum atomic E-state index is 13.0. The third-order valence-electron chi connectivity index (χ3n) is 4.75. The molecule has 4 aromatic rings. The molecule has 0 bridgehead atoms. The van der Waals surface area contributed by atoms with E-state index in [9.17, 15) is 8.42 Å².